The summed E-state index contributed by atoms with van der Waals surface area (Å²) >= 11 is 0. The Balaban J connectivity index is 0.000000233. The molecule has 5 rings (SSSR count). The molecule has 5 aromatic rings. The van der Waals surface area contributed by atoms with Crippen LogP contribution in [0, 0.1) is 13.8 Å². The van der Waals surface area contributed by atoms with Gasteiger partial charge < -0.3 is 0 Å². The molecule has 0 bridgehead atoms. The second-order valence-electron chi connectivity index (χ2n) is 10.1. The van der Waals surface area contributed by atoms with E-state index in [0.717, 1.165) is 28.3 Å². The van der Waals surface area contributed by atoms with Gasteiger partial charge in [-0.25, -0.2) is 9.97 Å². The van der Waals surface area contributed by atoms with Gasteiger partial charge in [-0.15, -0.1) is 0 Å². The lowest BCUT2D eigenvalue weighted by Gasteiger charge is -2.18. The van der Waals surface area contributed by atoms with Gasteiger partial charge in [0.2, 0.25) is 0 Å². The fourth-order valence-electron chi connectivity index (χ4n) is 3.99. The Labute approximate surface area is 215 Å². The molecule has 4 aromatic carbocycles. The third-order valence-electron chi connectivity index (χ3n) is 6.11. The number of aryl methyl sites for hydroxylation is 2. The smallest absolute Gasteiger partial charge is 0.126 e. The first-order valence-corrected chi connectivity index (χ1v) is 12.4. The van der Waals surface area contributed by atoms with Crippen molar-refractivity contribution in [1.29, 1.82) is 0 Å². The van der Waals surface area contributed by atoms with Gasteiger partial charge in [-0.1, -0.05) is 136 Å². The number of benzene rings is 4. The summed E-state index contributed by atoms with van der Waals surface area (Å²) in [5, 5.41) is 0. The average Bonchev–Trinajstić information content (AvgIpc) is 2.90. The molecule has 36 heavy (non-hydrogen) atoms. The second-order valence-corrected chi connectivity index (χ2v) is 10.1. The maximum atomic E-state index is 4.62. The van der Waals surface area contributed by atoms with Gasteiger partial charge in [0, 0.05) is 11.1 Å². The van der Waals surface area contributed by atoms with Gasteiger partial charge in [-0.3, -0.25) is 0 Å². The van der Waals surface area contributed by atoms with Crippen molar-refractivity contribution in [2.75, 3.05) is 0 Å². The molecule has 0 saturated heterocycles. The maximum Gasteiger partial charge on any atom is 0.126 e. The normalized spacial score (nSPS) is 10.9. The Morgan fingerprint density at radius 1 is 0.472 bits per heavy atom. The SMILES string of the molecule is Cc1ccc(C(C)(C)C)cc1.Cc1nc(-c2ccccc2)cc(-c2ccc(-c3ccccc3)cc2)n1. The molecule has 2 heteroatoms. The molecule has 0 aliphatic carbocycles. The lowest BCUT2D eigenvalue weighted by molar-refractivity contribution is 0.590. The van der Waals surface area contributed by atoms with Crippen LogP contribution in [-0.4, -0.2) is 9.97 Å². The van der Waals surface area contributed by atoms with Crippen molar-refractivity contribution >= 4 is 0 Å². The minimum Gasteiger partial charge on any atom is -0.233 e. The van der Waals surface area contributed by atoms with Crippen molar-refractivity contribution in [2.45, 2.75) is 40.0 Å². The van der Waals surface area contributed by atoms with E-state index in [1.54, 1.807) is 0 Å². The van der Waals surface area contributed by atoms with Crippen LogP contribution < -0.4 is 0 Å². The van der Waals surface area contributed by atoms with E-state index in [9.17, 15) is 0 Å². The topological polar surface area (TPSA) is 25.8 Å². The van der Waals surface area contributed by atoms with Crippen LogP contribution >= 0.6 is 0 Å². The van der Waals surface area contributed by atoms with E-state index in [1.165, 1.54) is 22.3 Å². The van der Waals surface area contributed by atoms with Crippen LogP contribution in [0.15, 0.2) is 115 Å². The molecule has 0 spiro atoms. The predicted octanol–water partition coefficient (Wildman–Crippen LogP) is 9.08. The van der Waals surface area contributed by atoms with E-state index in [0.29, 0.717) is 0 Å². The summed E-state index contributed by atoms with van der Waals surface area (Å²) < 4.78 is 0. The molecule has 0 unspecified atom stereocenters. The van der Waals surface area contributed by atoms with E-state index in [1.807, 2.05) is 31.2 Å². The summed E-state index contributed by atoms with van der Waals surface area (Å²) in [5.41, 5.74) is 9.56. The molecule has 0 atom stereocenters. The van der Waals surface area contributed by atoms with Crippen LogP contribution in [0.4, 0.5) is 0 Å². The summed E-state index contributed by atoms with van der Waals surface area (Å²) in [6.45, 7) is 10.8. The van der Waals surface area contributed by atoms with Gasteiger partial charge in [0.25, 0.3) is 0 Å². The first kappa shape index (κ1) is 25.1. The van der Waals surface area contributed by atoms with Gasteiger partial charge in [0.15, 0.2) is 0 Å². The standard InChI is InChI=1S/C23H18N2.C11H16/c1-17-24-22(20-10-6-3-7-11-20)16-23(25-17)21-14-12-19(13-15-21)18-8-4-2-5-9-18;1-9-5-7-10(8-6-9)11(2,3)4/h2-16H,1H3;5-8H,1-4H3. The van der Waals surface area contributed by atoms with E-state index < -0.39 is 0 Å². The highest BCUT2D eigenvalue weighted by molar-refractivity contribution is 5.71. The summed E-state index contributed by atoms with van der Waals surface area (Å²) in [6, 6.07) is 39.9. The molecule has 1 aromatic heterocycles. The van der Waals surface area contributed by atoms with Crippen molar-refractivity contribution in [3.63, 3.8) is 0 Å². The van der Waals surface area contributed by atoms with E-state index >= 15 is 0 Å². The third-order valence-corrected chi connectivity index (χ3v) is 6.11. The summed E-state index contributed by atoms with van der Waals surface area (Å²) in [6.07, 6.45) is 0. The Morgan fingerprint density at radius 2 is 0.889 bits per heavy atom. The number of hydrogen-bond donors (Lipinski definition) is 0. The number of rotatable bonds is 3. The Morgan fingerprint density at radius 3 is 1.39 bits per heavy atom. The minimum absolute atomic E-state index is 0.285. The lowest BCUT2D eigenvalue weighted by Crippen LogP contribution is -2.10. The molecule has 180 valence electrons. The van der Waals surface area contributed by atoms with Crippen molar-refractivity contribution < 1.29 is 0 Å². The van der Waals surface area contributed by atoms with Gasteiger partial charge in [0.05, 0.1) is 11.4 Å². The highest BCUT2D eigenvalue weighted by Gasteiger charge is 2.12. The molecule has 2 nitrogen and oxygen atoms in total. The molecule has 0 fully saturated rings. The molecule has 0 amide bonds. The number of aromatic nitrogens is 2. The summed E-state index contributed by atoms with van der Waals surface area (Å²) in [7, 11) is 0. The molecular formula is C34H34N2. The number of nitrogens with zero attached hydrogens (tertiary/aromatic N) is 2. The fourth-order valence-corrected chi connectivity index (χ4v) is 3.99. The van der Waals surface area contributed by atoms with Crippen LogP contribution in [-0.2, 0) is 5.41 Å². The second kappa shape index (κ2) is 11.1. The van der Waals surface area contributed by atoms with Crippen LogP contribution in [0.5, 0.6) is 0 Å². The zero-order valence-electron chi connectivity index (χ0n) is 21.9. The van der Waals surface area contributed by atoms with Crippen molar-refractivity contribution in [3.8, 4) is 33.6 Å². The maximum absolute atomic E-state index is 4.62. The Kier molecular flexibility index (Phi) is 7.75. The Hall–Kier alpha value is -4.04. The van der Waals surface area contributed by atoms with E-state index in [-0.39, 0.29) is 5.41 Å². The quantitative estimate of drug-likeness (QED) is 0.263. The largest absolute Gasteiger partial charge is 0.233 e. The molecule has 0 saturated carbocycles. The van der Waals surface area contributed by atoms with Gasteiger partial charge in [-0.05, 0) is 42.0 Å². The predicted molar refractivity (Wildman–Crippen MR) is 153 cm³/mol. The molecule has 0 aliphatic rings. The molecule has 0 N–H and O–H groups in total. The van der Waals surface area contributed by atoms with Crippen LogP contribution in [0.3, 0.4) is 0 Å². The zero-order valence-corrected chi connectivity index (χ0v) is 21.9. The van der Waals surface area contributed by atoms with Crippen molar-refractivity contribution in [1.82, 2.24) is 9.97 Å². The van der Waals surface area contributed by atoms with Crippen molar-refractivity contribution in [2.24, 2.45) is 0 Å². The zero-order chi connectivity index (χ0) is 25.5. The Bertz CT molecular complexity index is 1380. The monoisotopic (exact) mass is 470 g/mol. The van der Waals surface area contributed by atoms with Crippen LogP contribution in [0.2, 0.25) is 0 Å². The van der Waals surface area contributed by atoms with Gasteiger partial charge >= 0.3 is 0 Å². The highest BCUT2D eigenvalue weighted by atomic mass is 14.9. The van der Waals surface area contributed by atoms with Crippen LogP contribution in [0.25, 0.3) is 33.6 Å². The average molecular weight is 471 g/mol. The summed E-state index contributed by atoms with van der Waals surface area (Å²) in [5.74, 6) is 0.781. The molecular weight excluding hydrogens is 436 g/mol. The first-order chi connectivity index (χ1) is 17.3. The van der Waals surface area contributed by atoms with Gasteiger partial charge in [-0.2, -0.15) is 0 Å². The number of hydrogen-bond acceptors (Lipinski definition) is 2. The highest BCUT2D eigenvalue weighted by Crippen LogP contribution is 2.26. The molecule has 1 heterocycles. The van der Waals surface area contributed by atoms with E-state index in [4.69, 9.17) is 0 Å². The third kappa shape index (κ3) is 6.55. The van der Waals surface area contributed by atoms with Gasteiger partial charge in [0.1, 0.15) is 5.82 Å². The molecule has 0 aliphatic heterocycles. The van der Waals surface area contributed by atoms with E-state index in [2.05, 4.69) is 129 Å². The fraction of sp³-hybridized carbons (Fsp3) is 0.176. The lowest BCUT2D eigenvalue weighted by atomic mass is 9.87. The van der Waals surface area contributed by atoms with Crippen molar-refractivity contribution in [3.05, 3.63) is 132 Å². The first-order valence-electron chi connectivity index (χ1n) is 12.4. The summed E-state index contributed by atoms with van der Waals surface area (Å²) in [4.78, 5) is 9.20. The molecule has 0 radical (unpaired) electrons. The van der Waals surface area contributed by atoms with Crippen LogP contribution in [0.1, 0.15) is 37.7 Å². The minimum atomic E-state index is 0.285.